The number of hydrogen-bond donors (Lipinski definition) is 0. The number of rotatable bonds is 3. The second-order valence-electron chi connectivity index (χ2n) is 6.37. The summed E-state index contributed by atoms with van der Waals surface area (Å²) in [7, 11) is 0. The van der Waals surface area contributed by atoms with E-state index in [2.05, 4.69) is 9.55 Å². The molecule has 2 aromatic heterocycles. The monoisotopic (exact) mass is 301 g/mol. The molecule has 118 valence electrons. The average Bonchev–Trinajstić information content (AvgIpc) is 2.95. The fourth-order valence-corrected chi connectivity index (χ4v) is 3.56. The fraction of sp³-hybridized carbons (Fsp3) is 0.647. The van der Waals surface area contributed by atoms with E-state index in [4.69, 9.17) is 14.5 Å². The number of fused-ring (bicyclic) bond motifs is 1. The van der Waals surface area contributed by atoms with Gasteiger partial charge < -0.3 is 14.0 Å². The second kappa shape index (κ2) is 6.34. The molecule has 0 bridgehead atoms. The molecule has 2 fully saturated rings. The molecule has 5 nitrogen and oxygen atoms in total. The average molecular weight is 301 g/mol. The highest BCUT2D eigenvalue weighted by Gasteiger charge is 2.25. The minimum Gasteiger partial charge on any atom is -0.381 e. The highest BCUT2D eigenvalue weighted by atomic mass is 16.5. The first-order valence-corrected chi connectivity index (χ1v) is 8.42. The van der Waals surface area contributed by atoms with Crippen LogP contribution in [-0.4, -0.2) is 34.4 Å². The lowest BCUT2D eigenvalue weighted by atomic mass is 10.0. The molecule has 22 heavy (non-hydrogen) atoms. The molecular formula is C17H23N3O2. The van der Waals surface area contributed by atoms with E-state index in [1.807, 2.05) is 18.3 Å². The van der Waals surface area contributed by atoms with Crippen molar-refractivity contribution in [1.29, 1.82) is 0 Å². The van der Waals surface area contributed by atoms with Gasteiger partial charge in [0, 0.05) is 31.9 Å². The molecule has 5 heteroatoms. The Balaban J connectivity index is 1.69. The van der Waals surface area contributed by atoms with E-state index >= 15 is 0 Å². The van der Waals surface area contributed by atoms with Crippen LogP contribution in [0.2, 0.25) is 0 Å². The Hall–Kier alpha value is -1.46. The molecule has 0 aliphatic carbocycles. The van der Waals surface area contributed by atoms with Crippen LogP contribution in [0.25, 0.3) is 11.2 Å². The SMILES string of the molecule is c1cnc2c(c1)nc(C1CCCCO1)n2CC1CCCOC1. The lowest BCUT2D eigenvalue weighted by molar-refractivity contribution is 0.00522. The molecule has 0 amide bonds. The Morgan fingerprint density at radius 3 is 3.00 bits per heavy atom. The largest absolute Gasteiger partial charge is 0.381 e. The maximum Gasteiger partial charge on any atom is 0.160 e. The minimum absolute atomic E-state index is 0.118. The van der Waals surface area contributed by atoms with Crippen LogP contribution in [0.1, 0.15) is 44.0 Å². The first-order valence-electron chi connectivity index (χ1n) is 8.42. The van der Waals surface area contributed by atoms with Crippen molar-refractivity contribution < 1.29 is 9.47 Å². The molecular weight excluding hydrogens is 278 g/mol. The van der Waals surface area contributed by atoms with Crippen molar-refractivity contribution in [2.24, 2.45) is 5.92 Å². The van der Waals surface area contributed by atoms with Gasteiger partial charge in [-0.05, 0) is 44.2 Å². The molecule has 0 aromatic carbocycles. The van der Waals surface area contributed by atoms with Crippen LogP contribution < -0.4 is 0 Å². The summed E-state index contributed by atoms with van der Waals surface area (Å²) < 4.78 is 13.9. The van der Waals surface area contributed by atoms with Crippen LogP contribution >= 0.6 is 0 Å². The topological polar surface area (TPSA) is 49.2 Å². The van der Waals surface area contributed by atoms with E-state index < -0.39 is 0 Å². The molecule has 0 saturated carbocycles. The van der Waals surface area contributed by atoms with E-state index in [0.29, 0.717) is 5.92 Å². The van der Waals surface area contributed by atoms with Gasteiger partial charge in [-0.2, -0.15) is 0 Å². The molecule has 2 atom stereocenters. The smallest absolute Gasteiger partial charge is 0.160 e. The van der Waals surface area contributed by atoms with E-state index in [-0.39, 0.29) is 6.10 Å². The summed E-state index contributed by atoms with van der Waals surface area (Å²) in [5, 5.41) is 0. The summed E-state index contributed by atoms with van der Waals surface area (Å²) in [6.45, 7) is 3.52. The molecule has 4 heterocycles. The lowest BCUT2D eigenvalue weighted by Gasteiger charge is -2.26. The van der Waals surface area contributed by atoms with Gasteiger partial charge >= 0.3 is 0 Å². The summed E-state index contributed by atoms with van der Waals surface area (Å²) in [5.41, 5.74) is 1.96. The molecule has 4 rings (SSSR count). The van der Waals surface area contributed by atoms with Crippen molar-refractivity contribution >= 4 is 11.2 Å². The zero-order valence-electron chi connectivity index (χ0n) is 12.9. The van der Waals surface area contributed by atoms with E-state index in [9.17, 15) is 0 Å². The Morgan fingerprint density at radius 2 is 2.18 bits per heavy atom. The van der Waals surface area contributed by atoms with Gasteiger partial charge in [0.05, 0.1) is 6.61 Å². The van der Waals surface area contributed by atoms with Crippen molar-refractivity contribution in [2.45, 2.75) is 44.8 Å². The van der Waals surface area contributed by atoms with Crippen LogP contribution in [0.3, 0.4) is 0 Å². The van der Waals surface area contributed by atoms with Gasteiger partial charge in [-0.1, -0.05) is 0 Å². The molecule has 2 aliphatic heterocycles. The highest BCUT2D eigenvalue weighted by molar-refractivity contribution is 5.71. The van der Waals surface area contributed by atoms with Gasteiger partial charge in [-0.15, -0.1) is 0 Å². The van der Waals surface area contributed by atoms with E-state index in [0.717, 1.165) is 62.6 Å². The minimum atomic E-state index is 0.118. The third-order valence-electron chi connectivity index (χ3n) is 4.70. The van der Waals surface area contributed by atoms with Crippen LogP contribution in [-0.2, 0) is 16.0 Å². The number of ether oxygens (including phenoxy) is 2. The Kier molecular flexibility index (Phi) is 4.08. The third-order valence-corrected chi connectivity index (χ3v) is 4.70. The number of nitrogens with zero attached hydrogens (tertiary/aromatic N) is 3. The van der Waals surface area contributed by atoms with Crippen LogP contribution in [0.15, 0.2) is 18.3 Å². The maximum absolute atomic E-state index is 5.98. The van der Waals surface area contributed by atoms with Crippen LogP contribution in [0.4, 0.5) is 0 Å². The summed E-state index contributed by atoms with van der Waals surface area (Å²) in [4.78, 5) is 9.40. The third kappa shape index (κ3) is 2.75. The normalized spacial score (nSPS) is 26.4. The van der Waals surface area contributed by atoms with Crippen molar-refractivity contribution in [3.63, 3.8) is 0 Å². The first-order chi connectivity index (χ1) is 10.9. The van der Waals surface area contributed by atoms with Gasteiger partial charge in [0.15, 0.2) is 5.65 Å². The molecule has 2 aromatic rings. The van der Waals surface area contributed by atoms with Gasteiger partial charge in [-0.25, -0.2) is 9.97 Å². The fourth-order valence-electron chi connectivity index (χ4n) is 3.56. The van der Waals surface area contributed by atoms with Crippen LogP contribution in [0.5, 0.6) is 0 Å². The van der Waals surface area contributed by atoms with E-state index in [1.165, 1.54) is 12.8 Å². The summed E-state index contributed by atoms with van der Waals surface area (Å²) in [6, 6.07) is 4.00. The van der Waals surface area contributed by atoms with Gasteiger partial charge in [0.2, 0.25) is 0 Å². The predicted octanol–water partition coefficient (Wildman–Crippen LogP) is 3.10. The van der Waals surface area contributed by atoms with Gasteiger partial charge in [0.1, 0.15) is 17.4 Å². The summed E-state index contributed by atoms with van der Waals surface area (Å²) in [5.74, 6) is 1.61. The quantitative estimate of drug-likeness (QED) is 0.874. The van der Waals surface area contributed by atoms with Crippen molar-refractivity contribution in [3.05, 3.63) is 24.2 Å². The number of hydrogen-bond acceptors (Lipinski definition) is 4. The molecule has 2 aliphatic rings. The lowest BCUT2D eigenvalue weighted by Crippen LogP contribution is -2.24. The zero-order chi connectivity index (χ0) is 14.8. The van der Waals surface area contributed by atoms with Gasteiger partial charge in [0.25, 0.3) is 0 Å². The first kappa shape index (κ1) is 14.2. The molecule has 2 saturated heterocycles. The number of aromatic nitrogens is 3. The second-order valence-corrected chi connectivity index (χ2v) is 6.37. The number of imidazole rings is 1. The van der Waals surface area contributed by atoms with Crippen LogP contribution in [0, 0.1) is 5.92 Å². The maximum atomic E-state index is 5.98. The number of pyridine rings is 1. The molecule has 2 unspecified atom stereocenters. The summed E-state index contributed by atoms with van der Waals surface area (Å²) >= 11 is 0. The molecule has 0 N–H and O–H groups in total. The molecule has 0 spiro atoms. The standard InChI is InChI=1S/C17H23N3O2/c1-2-10-22-15(7-1)17-19-14-6-3-8-18-16(14)20(17)11-13-5-4-9-21-12-13/h3,6,8,13,15H,1-2,4-5,7,9-12H2. The van der Waals surface area contributed by atoms with E-state index in [1.54, 1.807) is 0 Å². The predicted molar refractivity (Wildman–Crippen MR) is 83.6 cm³/mol. The van der Waals surface area contributed by atoms with Gasteiger partial charge in [-0.3, -0.25) is 0 Å². The van der Waals surface area contributed by atoms with Crippen molar-refractivity contribution in [3.8, 4) is 0 Å². The Labute approximate surface area is 130 Å². The Morgan fingerprint density at radius 1 is 1.18 bits per heavy atom. The summed E-state index contributed by atoms with van der Waals surface area (Å²) in [6.07, 6.45) is 7.78. The van der Waals surface area contributed by atoms with Crippen molar-refractivity contribution in [1.82, 2.24) is 14.5 Å². The zero-order valence-corrected chi connectivity index (χ0v) is 12.9. The highest BCUT2D eigenvalue weighted by Crippen LogP contribution is 2.30. The molecule has 0 radical (unpaired) electrons. The Bertz CT molecular complexity index is 628. The van der Waals surface area contributed by atoms with Crippen molar-refractivity contribution in [2.75, 3.05) is 19.8 Å².